The minimum absolute atomic E-state index is 0.156. The number of aromatic nitrogens is 4. The topological polar surface area (TPSA) is 72.2 Å². The molecule has 0 aliphatic carbocycles. The molecule has 0 saturated heterocycles. The van der Waals surface area contributed by atoms with Gasteiger partial charge in [0.05, 0.1) is 20.5 Å². The smallest absolute Gasteiger partial charge is 0.238 e. The number of hydrogen-bond acceptors (Lipinski definition) is 6. The molecule has 0 aliphatic heterocycles. The zero-order valence-electron chi connectivity index (χ0n) is 13.0. The minimum Gasteiger partial charge on any atom is -0.310 e. The highest BCUT2D eigenvalue weighted by atomic mass is 35.5. The Balaban J connectivity index is 1.56. The molecule has 1 unspecified atom stereocenters. The summed E-state index contributed by atoms with van der Waals surface area (Å²) in [7, 11) is 0. The van der Waals surface area contributed by atoms with Crippen LogP contribution in [-0.4, -0.2) is 30.7 Å². The molecule has 0 radical (unpaired) electrons. The van der Waals surface area contributed by atoms with Crippen molar-refractivity contribution >= 4 is 61.6 Å². The van der Waals surface area contributed by atoms with Crippen LogP contribution in [0.15, 0.2) is 47.8 Å². The quantitative estimate of drug-likeness (QED) is 0.532. The summed E-state index contributed by atoms with van der Waals surface area (Å²) >= 11 is 8.74. The number of carbonyl (C=O) groups is 1. The molecule has 126 valence electrons. The van der Waals surface area contributed by atoms with E-state index >= 15 is 0 Å². The molecule has 6 nitrogen and oxygen atoms in total. The molecule has 0 fully saturated rings. The average molecular weight is 390 g/mol. The van der Waals surface area contributed by atoms with E-state index in [1.165, 1.54) is 18.0 Å². The third kappa shape index (κ3) is 3.20. The molecule has 0 bridgehead atoms. The number of nitrogens with zero attached hydrogens (tertiary/aromatic N) is 4. The lowest BCUT2D eigenvalue weighted by molar-refractivity contribution is -0.115. The summed E-state index contributed by atoms with van der Waals surface area (Å²) in [5.41, 5.74) is 1.04. The predicted octanol–water partition coefficient (Wildman–Crippen LogP) is 4.11. The fraction of sp³-hybridized carbons (Fsp3) is 0.125. The van der Waals surface area contributed by atoms with Gasteiger partial charge in [-0.1, -0.05) is 46.8 Å². The molecule has 3 heterocycles. The maximum atomic E-state index is 12.4. The van der Waals surface area contributed by atoms with E-state index in [0.29, 0.717) is 16.0 Å². The van der Waals surface area contributed by atoms with Gasteiger partial charge in [0, 0.05) is 6.20 Å². The first-order valence-electron chi connectivity index (χ1n) is 7.43. The molecule has 4 rings (SSSR count). The summed E-state index contributed by atoms with van der Waals surface area (Å²) in [5.74, 6) is 0.310. The number of benzene rings is 1. The van der Waals surface area contributed by atoms with Crippen LogP contribution in [0.4, 0.5) is 5.82 Å². The Labute approximate surface area is 156 Å². The second-order valence-corrected chi connectivity index (χ2v) is 8.03. The lowest BCUT2D eigenvalue weighted by atomic mass is 10.3. The van der Waals surface area contributed by atoms with Crippen molar-refractivity contribution in [3.05, 3.63) is 47.6 Å². The summed E-state index contributed by atoms with van der Waals surface area (Å²) < 4.78 is 3.12. The monoisotopic (exact) mass is 389 g/mol. The van der Waals surface area contributed by atoms with E-state index in [1.54, 1.807) is 23.5 Å². The number of para-hydroxylation sites is 1. The number of halogens is 1. The molecule has 9 heteroatoms. The highest BCUT2D eigenvalue weighted by molar-refractivity contribution is 8.00. The van der Waals surface area contributed by atoms with Crippen molar-refractivity contribution < 1.29 is 4.79 Å². The van der Waals surface area contributed by atoms with Crippen LogP contribution < -0.4 is 5.32 Å². The highest BCUT2D eigenvalue weighted by Crippen LogP contribution is 2.31. The van der Waals surface area contributed by atoms with Gasteiger partial charge in [-0.25, -0.2) is 4.98 Å². The van der Waals surface area contributed by atoms with E-state index in [2.05, 4.69) is 20.5 Å². The van der Waals surface area contributed by atoms with Crippen molar-refractivity contribution in [3.63, 3.8) is 0 Å². The van der Waals surface area contributed by atoms with Crippen LogP contribution in [0.1, 0.15) is 6.92 Å². The number of thioether (sulfide) groups is 1. The van der Waals surface area contributed by atoms with Gasteiger partial charge in [-0.3, -0.25) is 9.20 Å². The Hall–Kier alpha value is -2.16. The van der Waals surface area contributed by atoms with Gasteiger partial charge < -0.3 is 5.32 Å². The van der Waals surface area contributed by atoms with Crippen LogP contribution in [0.2, 0.25) is 5.02 Å². The Bertz CT molecular complexity index is 1060. The Kier molecular flexibility index (Phi) is 4.32. The molecular weight excluding hydrogens is 378 g/mol. The first-order chi connectivity index (χ1) is 12.1. The number of thiazole rings is 1. The van der Waals surface area contributed by atoms with Gasteiger partial charge in [0.25, 0.3) is 0 Å². The van der Waals surface area contributed by atoms with Crippen LogP contribution in [-0.2, 0) is 4.79 Å². The maximum Gasteiger partial charge on any atom is 0.238 e. The number of anilines is 1. The molecule has 0 spiro atoms. The predicted molar refractivity (Wildman–Crippen MR) is 102 cm³/mol. The normalized spacial score (nSPS) is 12.6. The van der Waals surface area contributed by atoms with E-state index in [-0.39, 0.29) is 11.2 Å². The molecule has 1 N–H and O–H groups in total. The Morgan fingerprint density at radius 1 is 1.28 bits per heavy atom. The number of nitrogens with one attached hydrogen (secondary N) is 1. The third-order valence-corrected chi connectivity index (χ3v) is 5.82. The van der Waals surface area contributed by atoms with Gasteiger partial charge in [-0.15, -0.1) is 10.2 Å². The fourth-order valence-electron chi connectivity index (χ4n) is 2.32. The van der Waals surface area contributed by atoms with Crippen molar-refractivity contribution in [2.75, 3.05) is 5.32 Å². The number of amides is 1. The summed E-state index contributed by atoms with van der Waals surface area (Å²) in [5, 5.41) is 12.1. The number of hydrogen-bond donors (Lipinski definition) is 1. The van der Waals surface area contributed by atoms with Gasteiger partial charge in [0.15, 0.2) is 5.16 Å². The number of carbonyl (C=O) groups excluding carboxylic acids is 1. The third-order valence-electron chi connectivity index (χ3n) is 3.54. The Morgan fingerprint density at radius 2 is 2.12 bits per heavy atom. The molecular formula is C16H12ClN5OS2. The number of fused-ring (bicyclic) bond motifs is 3. The van der Waals surface area contributed by atoms with Crippen LogP contribution in [0.5, 0.6) is 0 Å². The van der Waals surface area contributed by atoms with Crippen molar-refractivity contribution in [2.45, 2.75) is 17.3 Å². The van der Waals surface area contributed by atoms with Crippen LogP contribution in [0, 0.1) is 0 Å². The second kappa shape index (κ2) is 6.62. The summed E-state index contributed by atoms with van der Waals surface area (Å²) in [4.78, 5) is 17.3. The lowest BCUT2D eigenvalue weighted by Gasteiger charge is -2.10. The summed E-state index contributed by atoms with van der Waals surface area (Å²) in [6.07, 6.45) is 1.49. The summed E-state index contributed by atoms with van der Waals surface area (Å²) in [6, 6.07) is 11.4. The van der Waals surface area contributed by atoms with Gasteiger partial charge >= 0.3 is 0 Å². The lowest BCUT2D eigenvalue weighted by Crippen LogP contribution is -2.23. The van der Waals surface area contributed by atoms with Gasteiger partial charge in [0.1, 0.15) is 5.82 Å². The zero-order chi connectivity index (χ0) is 17.4. The van der Waals surface area contributed by atoms with Crippen LogP contribution >= 0.6 is 34.7 Å². The van der Waals surface area contributed by atoms with Crippen molar-refractivity contribution in [1.82, 2.24) is 19.6 Å². The standard InChI is InChI=1S/C16H12ClN5OS2/c1-9(14(23)19-13-7-6-10(17)8-18-13)24-15-20-21-16-22(15)11-4-2-3-5-12(11)25-16/h2-9H,1H3,(H,18,19,23). The van der Waals surface area contributed by atoms with E-state index in [4.69, 9.17) is 11.6 Å². The molecule has 1 atom stereocenters. The van der Waals surface area contributed by atoms with Crippen molar-refractivity contribution in [1.29, 1.82) is 0 Å². The summed E-state index contributed by atoms with van der Waals surface area (Å²) in [6.45, 7) is 1.82. The first-order valence-corrected chi connectivity index (χ1v) is 9.51. The van der Waals surface area contributed by atoms with E-state index < -0.39 is 0 Å². The molecule has 1 aromatic carbocycles. The number of rotatable bonds is 4. The van der Waals surface area contributed by atoms with E-state index in [0.717, 1.165) is 15.2 Å². The molecule has 1 amide bonds. The SMILES string of the molecule is CC(Sc1nnc2sc3ccccc3n12)C(=O)Nc1ccc(Cl)cn1. The Morgan fingerprint density at radius 3 is 2.92 bits per heavy atom. The average Bonchev–Trinajstić information content (AvgIpc) is 3.16. The van der Waals surface area contributed by atoms with Gasteiger partial charge in [-0.2, -0.15) is 0 Å². The van der Waals surface area contributed by atoms with Gasteiger partial charge in [-0.05, 0) is 31.2 Å². The molecule has 4 aromatic rings. The molecule has 3 aromatic heterocycles. The number of pyridine rings is 1. The van der Waals surface area contributed by atoms with Crippen LogP contribution in [0.25, 0.3) is 15.2 Å². The van der Waals surface area contributed by atoms with Crippen molar-refractivity contribution in [2.24, 2.45) is 0 Å². The second-order valence-electron chi connectivity index (χ2n) is 5.28. The molecule has 0 saturated carbocycles. The van der Waals surface area contributed by atoms with Gasteiger partial charge in [0.2, 0.25) is 10.9 Å². The largest absolute Gasteiger partial charge is 0.310 e. The van der Waals surface area contributed by atoms with Crippen LogP contribution in [0.3, 0.4) is 0 Å². The fourth-order valence-corrected chi connectivity index (χ4v) is 4.32. The highest BCUT2D eigenvalue weighted by Gasteiger charge is 2.20. The maximum absolute atomic E-state index is 12.4. The zero-order valence-corrected chi connectivity index (χ0v) is 15.4. The van der Waals surface area contributed by atoms with E-state index in [1.807, 2.05) is 35.6 Å². The molecule has 0 aliphatic rings. The first kappa shape index (κ1) is 16.3. The van der Waals surface area contributed by atoms with Crippen molar-refractivity contribution in [3.8, 4) is 0 Å². The molecule has 25 heavy (non-hydrogen) atoms. The van der Waals surface area contributed by atoms with E-state index in [9.17, 15) is 4.79 Å². The minimum atomic E-state index is -0.358.